The van der Waals surface area contributed by atoms with Gasteiger partial charge in [0, 0.05) is 25.6 Å². The number of hydrogen-bond donors (Lipinski definition) is 1. The van der Waals surface area contributed by atoms with E-state index in [4.69, 9.17) is 4.42 Å². The molecule has 120 valence electrons. The van der Waals surface area contributed by atoms with Gasteiger partial charge in [-0.2, -0.15) is 0 Å². The van der Waals surface area contributed by atoms with E-state index in [0.717, 1.165) is 13.0 Å². The van der Waals surface area contributed by atoms with Gasteiger partial charge in [0.2, 0.25) is 21.8 Å². The van der Waals surface area contributed by atoms with Crippen LogP contribution in [0.3, 0.4) is 0 Å². The molecule has 7 nitrogen and oxygen atoms in total. The lowest BCUT2D eigenvalue weighted by Crippen LogP contribution is -2.41. The molecule has 2 atom stereocenters. The Morgan fingerprint density at radius 3 is 2.52 bits per heavy atom. The van der Waals surface area contributed by atoms with E-state index >= 15 is 0 Å². The molecule has 0 spiro atoms. The Hall–Kier alpha value is -0.990. The zero-order chi connectivity index (χ0) is 15.6. The van der Waals surface area contributed by atoms with Gasteiger partial charge in [0.05, 0.1) is 12.8 Å². The Balaban J connectivity index is 2.02. The highest BCUT2D eigenvalue weighted by Gasteiger charge is 2.36. The van der Waals surface area contributed by atoms with Crippen molar-refractivity contribution in [1.29, 1.82) is 0 Å². The van der Waals surface area contributed by atoms with E-state index in [1.54, 1.807) is 0 Å². The van der Waals surface area contributed by atoms with Gasteiger partial charge in [0.25, 0.3) is 0 Å². The first-order valence-corrected chi connectivity index (χ1v) is 9.18. The molecule has 0 aromatic carbocycles. The van der Waals surface area contributed by atoms with E-state index in [0.29, 0.717) is 30.8 Å². The summed E-state index contributed by atoms with van der Waals surface area (Å²) in [5, 5.41) is 7.98. The minimum Gasteiger partial charge on any atom is -0.424 e. The molecule has 1 aromatic rings. The van der Waals surface area contributed by atoms with Crippen LogP contribution in [0.5, 0.6) is 0 Å². The van der Waals surface area contributed by atoms with Crippen molar-refractivity contribution in [3.63, 3.8) is 0 Å². The topological polar surface area (TPSA) is 88.3 Å². The fraction of sp³-hybridized carbons (Fsp3) is 0.846. The minimum absolute atomic E-state index is 0.0615. The van der Waals surface area contributed by atoms with E-state index in [-0.39, 0.29) is 12.0 Å². The normalized spacial score (nSPS) is 24.0. The third-order valence-electron chi connectivity index (χ3n) is 3.83. The van der Waals surface area contributed by atoms with E-state index < -0.39 is 10.0 Å². The monoisotopic (exact) mass is 316 g/mol. The highest BCUT2D eigenvalue weighted by atomic mass is 32.2. The van der Waals surface area contributed by atoms with Crippen LogP contribution in [0.1, 0.15) is 32.6 Å². The summed E-state index contributed by atoms with van der Waals surface area (Å²) in [6, 6.07) is -0.0615. The van der Waals surface area contributed by atoms with Crippen LogP contribution >= 0.6 is 0 Å². The first-order valence-electron chi connectivity index (χ1n) is 7.29. The number of aromatic nitrogens is 2. The smallest absolute Gasteiger partial charge is 0.230 e. The molecule has 0 bridgehead atoms. The Morgan fingerprint density at radius 2 is 2.00 bits per heavy atom. The number of hydrogen-bond acceptors (Lipinski definition) is 6. The van der Waals surface area contributed by atoms with Crippen molar-refractivity contribution in [2.45, 2.75) is 39.8 Å². The van der Waals surface area contributed by atoms with Gasteiger partial charge >= 0.3 is 0 Å². The first kappa shape index (κ1) is 16.4. The van der Waals surface area contributed by atoms with Crippen molar-refractivity contribution in [3.05, 3.63) is 11.8 Å². The highest BCUT2D eigenvalue weighted by Crippen LogP contribution is 2.26. The van der Waals surface area contributed by atoms with Crippen LogP contribution in [0.15, 0.2) is 4.42 Å². The molecule has 21 heavy (non-hydrogen) atoms. The molecule has 1 saturated heterocycles. The molecule has 0 aliphatic carbocycles. The Labute approximate surface area is 126 Å². The predicted octanol–water partition coefficient (Wildman–Crippen LogP) is 0.638. The number of nitrogens with one attached hydrogen (secondary N) is 1. The molecule has 2 rings (SSSR count). The Morgan fingerprint density at radius 1 is 1.33 bits per heavy atom. The van der Waals surface area contributed by atoms with Crippen molar-refractivity contribution >= 4 is 10.0 Å². The van der Waals surface area contributed by atoms with Gasteiger partial charge in [-0.05, 0) is 11.8 Å². The molecule has 0 saturated carbocycles. The largest absolute Gasteiger partial charge is 0.424 e. The van der Waals surface area contributed by atoms with Gasteiger partial charge in [-0.25, -0.2) is 13.1 Å². The summed E-state index contributed by atoms with van der Waals surface area (Å²) in [5.41, 5.74) is 0. The molecule has 1 N–H and O–H groups in total. The second-order valence-electron chi connectivity index (χ2n) is 6.04. The van der Waals surface area contributed by atoms with Crippen molar-refractivity contribution in [2.24, 2.45) is 11.8 Å². The molecule has 0 radical (unpaired) electrons. The Kier molecular flexibility index (Phi) is 5.00. The lowest BCUT2D eigenvalue weighted by molar-refractivity contribution is 0.265. The second kappa shape index (κ2) is 6.41. The SMILES string of the molecule is CCc1nnc(CN2C[C@@H](NS(C)(=O)=O)[C@H](C(C)C)C2)o1. The summed E-state index contributed by atoms with van der Waals surface area (Å²) >= 11 is 0. The summed E-state index contributed by atoms with van der Waals surface area (Å²) in [7, 11) is -3.20. The van der Waals surface area contributed by atoms with Crippen LogP contribution in [-0.4, -0.2) is 48.9 Å². The average Bonchev–Trinajstić information content (AvgIpc) is 2.94. The molecule has 1 aliphatic rings. The molecule has 0 unspecified atom stereocenters. The van der Waals surface area contributed by atoms with Crippen molar-refractivity contribution < 1.29 is 12.8 Å². The predicted molar refractivity (Wildman–Crippen MR) is 79.0 cm³/mol. The number of sulfonamides is 1. The third kappa shape index (κ3) is 4.49. The van der Waals surface area contributed by atoms with Crippen molar-refractivity contribution in [2.75, 3.05) is 19.3 Å². The van der Waals surface area contributed by atoms with Gasteiger partial charge in [0.15, 0.2) is 0 Å². The maximum atomic E-state index is 11.5. The Bertz CT molecular complexity index is 570. The van der Waals surface area contributed by atoms with Crippen LogP contribution in [0.2, 0.25) is 0 Å². The summed E-state index contributed by atoms with van der Waals surface area (Å²) in [4.78, 5) is 2.17. The summed E-state index contributed by atoms with van der Waals surface area (Å²) in [5.74, 6) is 1.92. The molecular formula is C13H24N4O3S. The van der Waals surface area contributed by atoms with Gasteiger partial charge in [-0.3, -0.25) is 4.90 Å². The molecule has 1 aliphatic heterocycles. The van der Waals surface area contributed by atoms with E-state index in [9.17, 15) is 8.42 Å². The quantitative estimate of drug-likeness (QED) is 0.828. The van der Waals surface area contributed by atoms with Crippen LogP contribution in [0.25, 0.3) is 0 Å². The van der Waals surface area contributed by atoms with Gasteiger partial charge in [0.1, 0.15) is 0 Å². The summed E-state index contributed by atoms with van der Waals surface area (Å²) in [6.07, 6.45) is 1.93. The second-order valence-corrected chi connectivity index (χ2v) is 7.82. The van der Waals surface area contributed by atoms with Gasteiger partial charge in [-0.1, -0.05) is 20.8 Å². The van der Waals surface area contributed by atoms with Crippen molar-refractivity contribution in [1.82, 2.24) is 19.8 Å². The molecule has 1 aromatic heterocycles. The number of nitrogens with zero attached hydrogens (tertiary/aromatic N) is 3. The van der Waals surface area contributed by atoms with Gasteiger partial charge in [-0.15, -0.1) is 10.2 Å². The lowest BCUT2D eigenvalue weighted by Gasteiger charge is -2.21. The zero-order valence-electron chi connectivity index (χ0n) is 13.0. The van der Waals surface area contributed by atoms with Gasteiger partial charge < -0.3 is 4.42 Å². The number of aryl methyl sites for hydroxylation is 1. The molecule has 8 heteroatoms. The standard InChI is InChI=1S/C13H24N4O3S/c1-5-12-14-15-13(20-12)8-17-6-10(9(2)3)11(7-17)16-21(4,18)19/h9-11,16H,5-8H2,1-4H3/t10-,11+/m0/s1. The van der Waals surface area contributed by atoms with Crippen LogP contribution in [0.4, 0.5) is 0 Å². The molecule has 2 heterocycles. The van der Waals surface area contributed by atoms with Crippen molar-refractivity contribution in [3.8, 4) is 0 Å². The highest BCUT2D eigenvalue weighted by molar-refractivity contribution is 7.88. The lowest BCUT2D eigenvalue weighted by atomic mass is 9.92. The molecule has 1 fully saturated rings. The fourth-order valence-corrected chi connectivity index (χ4v) is 3.60. The minimum atomic E-state index is -3.20. The number of rotatable bonds is 6. The average molecular weight is 316 g/mol. The molecule has 0 amide bonds. The first-order chi connectivity index (χ1) is 9.78. The van der Waals surface area contributed by atoms with E-state index in [1.165, 1.54) is 6.26 Å². The summed E-state index contributed by atoms with van der Waals surface area (Å²) < 4.78 is 31.3. The third-order valence-corrected chi connectivity index (χ3v) is 4.56. The van der Waals surface area contributed by atoms with E-state index in [2.05, 4.69) is 33.7 Å². The maximum absolute atomic E-state index is 11.5. The fourth-order valence-electron chi connectivity index (χ4n) is 2.80. The zero-order valence-corrected chi connectivity index (χ0v) is 13.9. The van der Waals surface area contributed by atoms with E-state index in [1.807, 2.05) is 6.92 Å². The maximum Gasteiger partial charge on any atom is 0.230 e. The van der Waals surface area contributed by atoms with Crippen LogP contribution < -0.4 is 4.72 Å². The van der Waals surface area contributed by atoms with Crippen LogP contribution in [0, 0.1) is 11.8 Å². The summed E-state index contributed by atoms with van der Waals surface area (Å²) in [6.45, 7) is 8.26. The number of likely N-dealkylation sites (tertiary alicyclic amines) is 1. The molecular weight excluding hydrogens is 292 g/mol. The van der Waals surface area contributed by atoms with Crippen LogP contribution in [-0.2, 0) is 23.0 Å².